The van der Waals surface area contributed by atoms with Crippen LogP contribution < -0.4 is 4.90 Å². The minimum atomic E-state index is 0.543. The van der Waals surface area contributed by atoms with Gasteiger partial charge in [0.1, 0.15) is 0 Å². The van der Waals surface area contributed by atoms with Gasteiger partial charge in [-0.25, -0.2) is 0 Å². The van der Waals surface area contributed by atoms with E-state index in [2.05, 4.69) is 27.5 Å². The van der Waals surface area contributed by atoms with Crippen LogP contribution in [0.3, 0.4) is 0 Å². The van der Waals surface area contributed by atoms with Crippen LogP contribution in [0.5, 0.6) is 0 Å². The Hall–Kier alpha value is -0.0000000000000000555. The minimum absolute atomic E-state index is 0.543. The average molecular weight is 250 g/mol. The molecule has 0 N–H and O–H groups in total. The van der Waals surface area contributed by atoms with Gasteiger partial charge in [-0.15, -0.1) is 0 Å². The van der Waals surface area contributed by atoms with Crippen LogP contribution in [-0.4, -0.2) is 32.3 Å². The number of thioether (sulfide) groups is 1. The van der Waals surface area contributed by atoms with Crippen molar-refractivity contribution < 1.29 is 0 Å². The first kappa shape index (κ1) is 10.5. The number of hydrogen-bond acceptors (Lipinski definition) is 5. The molecule has 1 aromatic heterocycles. The first-order valence-electron chi connectivity index (χ1n) is 4.55. The summed E-state index contributed by atoms with van der Waals surface area (Å²) >= 11 is 9.16. The predicted octanol–water partition coefficient (Wildman–Crippen LogP) is 2.52. The largest absolute Gasteiger partial charge is 0.351 e. The maximum atomic E-state index is 5.96. The number of halogens is 1. The Morgan fingerprint density at radius 2 is 1.93 bits per heavy atom. The number of aromatic nitrogens is 2. The van der Waals surface area contributed by atoms with Crippen LogP contribution in [0.1, 0.15) is 13.8 Å². The van der Waals surface area contributed by atoms with Gasteiger partial charge in [-0.1, -0.05) is 25.4 Å². The van der Waals surface area contributed by atoms with Crippen molar-refractivity contribution in [1.29, 1.82) is 0 Å². The van der Waals surface area contributed by atoms with Gasteiger partial charge < -0.3 is 4.90 Å². The zero-order valence-electron chi connectivity index (χ0n) is 8.11. The first-order valence-corrected chi connectivity index (χ1v) is 6.60. The summed E-state index contributed by atoms with van der Waals surface area (Å²) in [5, 5.41) is 1.81. The van der Waals surface area contributed by atoms with Gasteiger partial charge in [0.2, 0.25) is 0 Å². The standard InChI is InChI=1S/C8H12ClN3S2/c1-5-3-12(4-6(2)13-5)8-7(9)10-14-11-8/h5-6H,3-4H2,1-2H3. The van der Waals surface area contributed by atoms with E-state index in [1.54, 1.807) is 0 Å². The lowest BCUT2D eigenvalue weighted by atomic mass is 10.3. The predicted molar refractivity (Wildman–Crippen MR) is 63.6 cm³/mol. The van der Waals surface area contributed by atoms with E-state index >= 15 is 0 Å². The van der Waals surface area contributed by atoms with Crippen LogP contribution in [0, 0.1) is 0 Å². The summed E-state index contributed by atoms with van der Waals surface area (Å²) in [6.07, 6.45) is 0. The molecule has 6 heteroatoms. The van der Waals surface area contributed by atoms with E-state index in [9.17, 15) is 0 Å². The van der Waals surface area contributed by atoms with Crippen molar-refractivity contribution in [2.75, 3.05) is 18.0 Å². The van der Waals surface area contributed by atoms with Crippen LogP contribution in [-0.2, 0) is 0 Å². The molecule has 1 aliphatic heterocycles. The summed E-state index contributed by atoms with van der Waals surface area (Å²) in [6, 6.07) is 0. The van der Waals surface area contributed by atoms with Gasteiger partial charge in [-0.2, -0.15) is 20.5 Å². The summed E-state index contributed by atoms with van der Waals surface area (Å²) < 4.78 is 8.21. The Kier molecular flexibility index (Phi) is 3.19. The molecular formula is C8H12ClN3S2. The fraction of sp³-hybridized carbons (Fsp3) is 0.750. The lowest BCUT2D eigenvalue weighted by molar-refractivity contribution is 0.722. The normalized spacial score (nSPS) is 28.1. The van der Waals surface area contributed by atoms with Crippen molar-refractivity contribution in [2.45, 2.75) is 24.3 Å². The molecule has 2 atom stereocenters. The molecule has 3 nitrogen and oxygen atoms in total. The van der Waals surface area contributed by atoms with Crippen LogP contribution in [0.2, 0.25) is 5.15 Å². The Morgan fingerprint density at radius 1 is 1.29 bits per heavy atom. The summed E-state index contributed by atoms with van der Waals surface area (Å²) in [5.74, 6) is 0.857. The lowest BCUT2D eigenvalue weighted by Crippen LogP contribution is -2.40. The van der Waals surface area contributed by atoms with Gasteiger partial charge >= 0.3 is 0 Å². The second kappa shape index (κ2) is 4.24. The van der Waals surface area contributed by atoms with Crippen LogP contribution >= 0.6 is 35.1 Å². The molecule has 1 saturated heterocycles. The van der Waals surface area contributed by atoms with Gasteiger partial charge in [-0.05, 0) is 0 Å². The van der Waals surface area contributed by atoms with E-state index in [1.165, 1.54) is 11.7 Å². The van der Waals surface area contributed by atoms with Crippen molar-refractivity contribution in [3.8, 4) is 0 Å². The first-order chi connectivity index (χ1) is 6.66. The molecule has 0 spiro atoms. The van der Waals surface area contributed by atoms with Gasteiger partial charge in [0.05, 0.1) is 11.7 Å². The number of nitrogens with zero attached hydrogens (tertiary/aromatic N) is 3. The highest BCUT2D eigenvalue weighted by Crippen LogP contribution is 2.31. The monoisotopic (exact) mass is 249 g/mol. The third kappa shape index (κ3) is 2.15. The maximum absolute atomic E-state index is 5.96. The fourth-order valence-corrected chi connectivity index (χ4v) is 3.82. The van der Waals surface area contributed by atoms with E-state index in [1.807, 2.05) is 11.8 Å². The Labute approximate surface area is 97.2 Å². The smallest absolute Gasteiger partial charge is 0.187 e. The summed E-state index contributed by atoms with van der Waals surface area (Å²) in [7, 11) is 0. The third-order valence-electron chi connectivity index (χ3n) is 2.15. The van der Waals surface area contributed by atoms with Crippen molar-refractivity contribution in [1.82, 2.24) is 8.75 Å². The summed E-state index contributed by atoms with van der Waals surface area (Å²) in [6.45, 7) is 6.50. The topological polar surface area (TPSA) is 29.0 Å². The van der Waals surface area contributed by atoms with Gasteiger partial charge in [0, 0.05) is 23.6 Å². The second-order valence-electron chi connectivity index (χ2n) is 3.54. The number of hydrogen-bond donors (Lipinski definition) is 0. The highest BCUT2D eigenvalue weighted by atomic mass is 35.5. The summed E-state index contributed by atoms with van der Waals surface area (Å²) in [5.41, 5.74) is 0. The zero-order chi connectivity index (χ0) is 10.1. The molecule has 0 bridgehead atoms. The van der Waals surface area contributed by atoms with E-state index in [0.717, 1.165) is 18.9 Å². The van der Waals surface area contributed by atoms with Crippen molar-refractivity contribution in [2.24, 2.45) is 0 Å². The lowest BCUT2D eigenvalue weighted by Gasteiger charge is -2.34. The SMILES string of the molecule is CC1CN(c2nsnc2Cl)CC(C)S1. The quantitative estimate of drug-likeness (QED) is 0.765. The highest BCUT2D eigenvalue weighted by Gasteiger charge is 2.25. The molecule has 78 valence electrons. The fourth-order valence-electron chi connectivity index (χ4n) is 1.71. The second-order valence-corrected chi connectivity index (χ2v) is 6.31. The molecule has 2 heterocycles. The molecule has 0 saturated carbocycles. The Balaban J connectivity index is 2.15. The maximum Gasteiger partial charge on any atom is 0.187 e. The molecule has 0 aliphatic carbocycles. The molecule has 1 aromatic rings. The van der Waals surface area contributed by atoms with Crippen LogP contribution in [0.25, 0.3) is 0 Å². The average Bonchev–Trinajstić information content (AvgIpc) is 2.49. The van der Waals surface area contributed by atoms with E-state index in [4.69, 9.17) is 11.6 Å². The van der Waals surface area contributed by atoms with Gasteiger partial charge in [-0.3, -0.25) is 0 Å². The molecule has 0 amide bonds. The number of rotatable bonds is 1. The van der Waals surface area contributed by atoms with Crippen molar-refractivity contribution in [3.63, 3.8) is 0 Å². The third-order valence-corrected chi connectivity index (χ3v) is 4.25. The summed E-state index contributed by atoms with van der Waals surface area (Å²) in [4.78, 5) is 2.23. The van der Waals surface area contributed by atoms with Gasteiger partial charge in [0.15, 0.2) is 11.0 Å². The zero-order valence-corrected chi connectivity index (χ0v) is 10.5. The van der Waals surface area contributed by atoms with Gasteiger partial charge in [0.25, 0.3) is 0 Å². The van der Waals surface area contributed by atoms with E-state index in [0.29, 0.717) is 15.7 Å². The number of anilines is 1. The molecule has 1 fully saturated rings. The Morgan fingerprint density at radius 3 is 2.43 bits per heavy atom. The van der Waals surface area contributed by atoms with Crippen molar-refractivity contribution >= 4 is 40.9 Å². The minimum Gasteiger partial charge on any atom is -0.351 e. The molecule has 2 unspecified atom stereocenters. The van der Waals surface area contributed by atoms with Crippen LogP contribution in [0.15, 0.2) is 0 Å². The molecule has 0 aromatic carbocycles. The van der Waals surface area contributed by atoms with Crippen LogP contribution in [0.4, 0.5) is 5.82 Å². The molecule has 1 aliphatic rings. The molecule has 14 heavy (non-hydrogen) atoms. The highest BCUT2D eigenvalue weighted by molar-refractivity contribution is 8.00. The molecular weight excluding hydrogens is 238 g/mol. The van der Waals surface area contributed by atoms with Crippen molar-refractivity contribution in [3.05, 3.63) is 5.15 Å². The van der Waals surface area contributed by atoms with E-state index in [-0.39, 0.29) is 0 Å². The molecule has 2 rings (SSSR count). The van der Waals surface area contributed by atoms with E-state index < -0.39 is 0 Å². The molecule has 0 radical (unpaired) electrons. The Bertz CT molecular complexity index is 307.